The molecule has 0 unspecified atom stereocenters. The Labute approximate surface area is 135 Å². The van der Waals surface area contributed by atoms with Crippen molar-refractivity contribution in [2.24, 2.45) is 0 Å². The maximum absolute atomic E-state index is 11.8. The highest BCUT2D eigenvalue weighted by atomic mass is 16.1. The lowest BCUT2D eigenvalue weighted by Crippen LogP contribution is -2.19. The second-order valence-corrected chi connectivity index (χ2v) is 5.63. The Kier molecular flexibility index (Phi) is 4.11. The van der Waals surface area contributed by atoms with Gasteiger partial charge in [0.25, 0.3) is 0 Å². The van der Waals surface area contributed by atoms with Crippen molar-refractivity contribution < 1.29 is 4.79 Å². The molecule has 23 heavy (non-hydrogen) atoms. The Balaban J connectivity index is 1.91. The van der Waals surface area contributed by atoms with Gasteiger partial charge in [0.15, 0.2) is 0 Å². The van der Waals surface area contributed by atoms with E-state index in [1.807, 2.05) is 49.4 Å². The van der Waals surface area contributed by atoms with Gasteiger partial charge in [-0.05, 0) is 36.2 Å². The van der Waals surface area contributed by atoms with Gasteiger partial charge in [-0.2, -0.15) is 5.26 Å². The van der Waals surface area contributed by atoms with E-state index in [0.29, 0.717) is 12.0 Å². The average Bonchev–Trinajstić information content (AvgIpc) is 2.70. The van der Waals surface area contributed by atoms with Crippen molar-refractivity contribution in [2.45, 2.75) is 19.4 Å². The fourth-order valence-corrected chi connectivity index (χ4v) is 2.61. The number of amides is 1. The molecule has 4 heteroatoms. The van der Waals surface area contributed by atoms with Gasteiger partial charge in [0, 0.05) is 12.5 Å². The largest absolute Gasteiger partial charge is 0.380 e. The van der Waals surface area contributed by atoms with Gasteiger partial charge in [0.05, 0.1) is 23.0 Å². The molecule has 1 atom stereocenters. The van der Waals surface area contributed by atoms with Gasteiger partial charge in [-0.15, -0.1) is 0 Å². The average molecular weight is 303 g/mol. The topological polar surface area (TPSA) is 64.9 Å². The minimum absolute atomic E-state index is 0.0250. The first kappa shape index (κ1) is 14.9. The van der Waals surface area contributed by atoms with Crippen LogP contribution in [0.5, 0.6) is 0 Å². The van der Waals surface area contributed by atoms with Crippen LogP contribution in [0, 0.1) is 11.3 Å². The van der Waals surface area contributed by atoms with Crippen molar-refractivity contribution in [3.8, 4) is 6.07 Å². The summed E-state index contributed by atoms with van der Waals surface area (Å²) in [6.07, 6.45) is 4.46. The van der Waals surface area contributed by atoms with E-state index in [4.69, 9.17) is 5.26 Å². The van der Waals surface area contributed by atoms with Crippen molar-refractivity contribution in [2.75, 3.05) is 10.6 Å². The number of benzene rings is 2. The molecule has 0 aromatic heterocycles. The molecule has 0 fully saturated rings. The lowest BCUT2D eigenvalue weighted by atomic mass is 10.1. The summed E-state index contributed by atoms with van der Waals surface area (Å²) in [5, 5.41) is 15.2. The van der Waals surface area contributed by atoms with Crippen molar-refractivity contribution in [1.29, 1.82) is 5.26 Å². The molecule has 114 valence electrons. The standard InChI is InChI=1S/C19H17N3O/c1-13-11-18(23)22-17-4-2-3-16(19(17)21-13)10-9-14-5-7-15(12-20)8-6-14/h2-10,13,21H,11H2,1H3,(H,22,23)/b10-9+/t13-/m1/s1. The molecule has 0 saturated carbocycles. The molecule has 2 aromatic rings. The molecular formula is C19H17N3O. The molecule has 0 aliphatic carbocycles. The molecular weight excluding hydrogens is 286 g/mol. The second kappa shape index (κ2) is 6.37. The first-order chi connectivity index (χ1) is 11.2. The summed E-state index contributed by atoms with van der Waals surface area (Å²) < 4.78 is 0. The monoisotopic (exact) mass is 303 g/mol. The quantitative estimate of drug-likeness (QED) is 0.828. The molecule has 1 amide bonds. The summed E-state index contributed by atoms with van der Waals surface area (Å²) in [5.74, 6) is 0.0250. The third kappa shape index (κ3) is 3.41. The minimum Gasteiger partial charge on any atom is -0.380 e. The number of hydrogen-bond acceptors (Lipinski definition) is 3. The molecule has 4 nitrogen and oxygen atoms in total. The van der Waals surface area contributed by atoms with Crippen LogP contribution in [0.25, 0.3) is 12.2 Å². The van der Waals surface area contributed by atoms with Crippen molar-refractivity contribution in [1.82, 2.24) is 0 Å². The predicted molar refractivity (Wildman–Crippen MR) is 92.9 cm³/mol. The Morgan fingerprint density at radius 2 is 1.96 bits per heavy atom. The molecule has 1 aliphatic rings. The molecule has 1 heterocycles. The van der Waals surface area contributed by atoms with Gasteiger partial charge in [-0.1, -0.05) is 36.4 Å². The van der Waals surface area contributed by atoms with E-state index < -0.39 is 0 Å². The van der Waals surface area contributed by atoms with Crippen LogP contribution in [-0.4, -0.2) is 11.9 Å². The first-order valence-corrected chi connectivity index (χ1v) is 7.53. The summed E-state index contributed by atoms with van der Waals surface area (Å²) in [7, 11) is 0. The molecule has 2 N–H and O–H groups in total. The highest BCUT2D eigenvalue weighted by molar-refractivity contribution is 5.98. The Bertz CT molecular complexity index is 800. The zero-order valence-electron chi connectivity index (χ0n) is 12.8. The van der Waals surface area contributed by atoms with Crippen LogP contribution >= 0.6 is 0 Å². The Morgan fingerprint density at radius 1 is 1.17 bits per heavy atom. The van der Waals surface area contributed by atoms with Crippen LogP contribution in [0.2, 0.25) is 0 Å². The van der Waals surface area contributed by atoms with Crippen LogP contribution in [0.4, 0.5) is 11.4 Å². The second-order valence-electron chi connectivity index (χ2n) is 5.63. The van der Waals surface area contributed by atoms with Gasteiger partial charge >= 0.3 is 0 Å². The van der Waals surface area contributed by atoms with E-state index in [9.17, 15) is 4.79 Å². The number of hydrogen-bond donors (Lipinski definition) is 2. The van der Waals surface area contributed by atoms with E-state index in [2.05, 4.69) is 16.7 Å². The highest BCUT2D eigenvalue weighted by Crippen LogP contribution is 2.31. The zero-order valence-corrected chi connectivity index (χ0v) is 12.8. The molecule has 0 spiro atoms. The number of carbonyl (C=O) groups excluding carboxylic acids is 1. The third-order valence-electron chi connectivity index (χ3n) is 3.75. The van der Waals surface area contributed by atoms with Crippen molar-refractivity contribution >= 4 is 29.4 Å². The molecule has 2 aromatic carbocycles. The van der Waals surface area contributed by atoms with Gasteiger partial charge in [0.1, 0.15) is 0 Å². The SMILES string of the molecule is C[C@@H]1CC(=O)Nc2cccc(/C=C/c3ccc(C#N)cc3)c2N1. The maximum Gasteiger partial charge on any atom is 0.226 e. The third-order valence-corrected chi connectivity index (χ3v) is 3.75. The van der Waals surface area contributed by atoms with E-state index in [0.717, 1.165) is 22.5 Å². The summed E-state index contributed by atoms with van der Waals surface area (Å²) in [4.78, 5) is 11.8. The maximum atomic E-state index is 11.8. The molecule has 1 aliphatic heterocycles. The van der Waals surface area contributed by atoms with Crippen LogP contribution in [0.15, 0.2) is 42.5 Å². The van der Waals surface area contributed by atoms with Gasteiger partial charge < -0.3 is 10.6 Å². The first-order valence-electron chi connectivity index (χ1n) is 7.53. The van der Waals surface area contributed by atoms with Gasteiger partial charge in [0.2, 0.25) is 5.91 Å². The number of nitrogens with one attached hydrogen (secondary N) is 2. The van der Waals surface area contributed by atoms with Gasteiger partial charge in [-0.3, -0.25) is 4.79 Å². The van der Waals surface area contributed by atoms with Gasteiger partial charge in [-0.25, -0.2) is 0 Å². The highest BCUT2D eigenvalue weighted by Gasteiger charge is 2.18. The number of nitriles is 1. The van der Waals surface area contributed by atoms with Crippen molar-refractivity contribution in [3.05, 3.63) is 59.2 Å². The fraction of sp³-hybridized carbons (Fsp3) is 0.158. The normalized spacial score (nSPS) is 16.9. The number of fused-ring (bicyclic) bond motifs is 1. The number of anilines is 2. The zero-order chi connectivity index (χ0) is 16.2. The van der Waals surface area contributed by atoms with E-state index >= 15 is 0 Å². The smallest absolute Gasteiger partial charge is 0.226 e. The molecule has 3 rings (SSSR count). The Morgan fingerprint density at radius 3 is 2.70 bits per heavy atom. The number of nitrogens with zero attached hydrogens (tertiary/aromatic N) is 1. The lowest BCUT2D eigenvalue weighted by Gasteiger charge is -2.14. The summed E-state index contributed by atoms with van der Waals surface area (Å²) >= 11 is 0. The van der Waals surface area contributed by atoms with E-state index in [-0.39, 0.29) is 11.9 Å². The van der Waals surface area contributed by atoms with Crippen LogP contribution < -0.4 is 10.6 Å². The summed E-state index contributed by atoms with van der Waals surface area (Å²) in [6.45, 7) is 2.00. The van der Waals surface area contributed by atoms with Crippen LogP contribution in [0.1, 0.15) is 30.0 Å². The molecule has 0 bridgehead atoms. The van der Waals surface area contributed by atoms with E-state index in [1.54, 1.807) is 12.1 Å². The number of carbonyl (C=O) groups is 1. The minimum atomic E-state index is 0.0250. The number of para-hydroxylation sites is 1. The summed E-state index contributed by atoms with van der Waals surface area (Å²) in [5.41, 5.74) is 4.43. The molecule has 0 saturated heterocycles. The fourth-order valence-electron chi connectivity index (χ4n) is 2.61. The van der Waals surface area contributed by atoms with Crippen LogP contribution in [-0.2, 0) is 4.79 Å². The lowest BCUT2D eigenvalue weighted by molar-refractivity contribution is -0.116. The summed E-state index contributed by atoms with van der Waals surface area (Å²) in [6, 6.07) is 15.4. The van der Waals surface area contributed by atoms with E-state index in [1.165, 1.54) is 0 Å². The number of rotatable bonds is 2. The van der Waals surface area contributed by atoms with Crippen molar-refractivity contribution in [3.63, 3.8) is 0 Å². The Hall–Kier alpha value is -3.06. The van der Waals surface area contributed by atoms with Crippen LogP contribution in [0.3, 0.4) is 0 Å². The predicted octanol–water partition coefficient (Wildman–Crippen LogP) is 3.87. The molecule has 0 radical (unpaired) electrons.